The summed E-state index contributed by atoms with van der Waals surface area (Å²) in [6.07, 6.45) is 6.85. The lowest BCUT2D eigenvalue weighted by Crippen LogP contribution is -2.58. The number of methoxy groups -OCH3 is 1. The molecule has 1 aromatic rings. The van der Waals surface area contributed by atoms with Gasteiger partial charge in [-0.25, -0.2) is 0 Å². The molecule has 3 rings (SSSR count). The van der Waals surface area contributed by atoms with Crippen molar-refractivity contribution in [2.24, 2.45) is 5.73 Å². The van der Waals surface area contributed by atoms with Crippen LogP contribution in [0.25, 0.3) is 0 Å². The number of piperidine rings is 1. The molecule has 5 nitrogen and oxygen atoms in total. The van der Waals surface area contributed by atoms with E-state index in [1.54, 1.807) is 7.11 Å². The van der Waals surface area contributed by atoms with Gasteiger partial charge in [-0.15, -0.1) is 24.8 Å². The number of rotatable bonds is 4. The van der Waals surface area contributed by atoms with Crippen molar-refractivity contribution in [2.75, 3.05) is 25.1 Å². The monoisotopic (exact) mass is 403 g/mol. The molecule has 3 N–H and O–H groups in total. The first-order chi connectivity index (χ1) is 11.6. The highest BCUT2D eigenvalue weighted by Crippen LogP contribution is 2.30. The number of amides is 1. The molecule has 1 aromatic carbocycles. The summed E-state index contributed by atoms with van der Waals surface area (Å²) in [6.45, 7) is 1.84. The van der Waals surface area contributed by atoms with Crippen LogP contribution in [0.4, 0.5) is 5.69 Å². The van der Waals surface area contributed by atoms with Crippen LogP contribution in [-0.2, 0) is 4.79 Å². The van der Waals surface area contributed by atoms with Crippen molar-refractivity contribution in [3.63, 3.8) is 0 Å². The molecular weight excluding hydrogens is 373 g/mol. The number of halogens is 2. The molecule has 26 heavy (non-hydrogen) atoms. The Labute approximate surface area is 168 Å². The highest BCUT2D eigenvalue weighted by molar-refractivity contribution is 5.86. The SMILES string of the molecule is COc1ccccc1N1CCC(NC(=O)C2(N)CCCCC2)CC1.Cl.Cl. The highest BCUT2D eigenvalue weighted by atomic mass is 35.5. The number of hydrogen-bond donors (Lipinski definition) is 2. The van der Waals surface area contributed by atoms with Crippen LogP contribution in [0.5, 0.6) is 5.75 Å². The van der Waals surface area contributed by atoms with Gasteiger partial charge in [0.2, 0.25) is 5.91 Å². The predicted molar refractivity (Wildman–Crippen MR) is 111 cm³/mol. The fourth-order valence-corrected chi connectivity index (χ4v) is 3.89. The van der Waals surface area contributed by atoms with Crippen LogP contribution in [0.2, 0.25) is 0 Å². The molecule has 0 aromatic heterocycles. The maximum Gasteiger partial charge on any atom is 0.240 e. The molecule has 0 unspecified atom stereocenters. The fourth-order valence-electron chi connectivity index (χ4n) is 3.89. The average Bonchev–Trinajstić information content (AvgIpc) is 2.63. The lowest BCUT2D eigenvalue weighted by Gasteiger charge is -2.37. The standard InChI is InChI=1S/C19H29N3O2.2ClH/c1-24-17-8-4-3-7-16(17)22-13-9-15(10-14-22)21-18(23)19(20)11-5-2-6-12-19;;/h3-4,7-8,15H,2,5-6,9-14,20H2,1H3,(H,21,23);2*1H. The quantitative estimate of drug-likeness (QED) is 0.808. The molecule has 1 aliphatic heterocycles. The largest absolute Gasteiger partial charge is 0.495 e. The van der Waals surface area contributed by atoms with Crippen LogP contribution >= 0.6 is 24.8 Å². The molecule has 148 valence electrons. The number of nitrogens with one attached hydrogen (secondary N) is 1. The van der Waals surface area contributed by atoms with Gasteiger partial charge in [0.25, 0.3) is 0 Å². The first-order valence-corrected chi connectivity index (χ1v) is 9.10. The number of carbonyl (C=O) groups excluding carboxylic acids is 1. The van der Waals surface area contributed by atoms with E-state index in [9.17, 15) is 4.79 Å². The van der Waals surface area contributed by atoms with Gasteiger partial charge in [-0.05, 0) is 37.8 Å². The Morgan fingerprint density at radius 3 is 2.38 bits per heavy atom. The number of ether oxygens (including phenoxy) is 1. The van der Waals surface area contributed by atoms with Crippen LogP contribution in [0, 0.1) is 0 Å². The molecule has 1 saturated heterocycles. The number of benzene rings is 1. The van der Waals surface area contributed by atoms with Crippen LogP contribution in [-0.4, -0.2) is 37.7 Å². The second-order valence-corrected chi connectivity index (χ2v) is 7.12. The van der Waals surface area contributed by atoms with E-state index in [4.69, 9.17) is 10.5 Å². The Morgan fingerprint density at radius 2 is 1.77 bits per heavy atom. The minimum Gasteiger partial charge on any atom is -0.495 e. The van der Waals surface area contributed by atoms with E-state index in [0.29, 0.717) is 0 Å². The van der Waals surface area contributed by atoms with Gasteiger partial charge >= 0.3 is 0 Å². The summed E-state index contributed by atoms with van der Waals surface area (Å²) < 4.78 is 5.45. The number of anilines is 1. The van der Waals surface area contributed by atoms with E-state index >= 15 is 0 Å². The first kappa shape index (κ1) is 22.9. The van der Waals surface area contributed by atoms with Crippen LogP contribution in [0.15, 0.2) is 24.3 Å². The Balaban J connectivity index is 0.00000169. The molecule has 7 heteroatoms. The van der Waals surface area contributed by atoms with Gasteiger partial charge in [0.15, 0.2) is 0 Å². The van der Waals surface area contributed by atoms with E-state index in [2.05, 4.69) is 16.3 Å². The smallest absolute Gasteiger partial charge is 0.240 e. The van der Waals surface area contributed by atoms with Crippen molar-refractivity contribution in [1.29, 1.82) is 0 Å². The molecule has 0 bridgehead atoms. The molecule has 1 heterocycles. The van der Waals surface area contributed by atoms with Gasteiger partial charge in [-0.2, -0.15) is 0 Å². The Hall–Kier alpha value is -1.17. The number of nitrogens with two attached hydrogens (primary N) is 1. The summed E-state index contributed by atoms with van der Waals surface area (Å²) >= 11 is 0. The highest BCUT2D eigenvalue weighted by Gasteiger charge is 2.36. The zero-order chi connectivity index (χ0) is 17.0. The van der Waals surface area contributed by atoms with Crippen molar-refractivity contribution in [3.05, 3.63) is 24.3 Å². The van der Waals surface area contributed by atoms with Crippen molar-refractivity contribution < 1.29 is 9.53 Å². The van der Waals surface area contributed by atoms with Gasteiger partial charge in [0, 0.05) is 19.1 Å². The molecule has 1 amide bonds. The van der Waals surface area contributed by atoms with Crippen molar-refractivity contribution in [1.82, 2.24) is 5.32 Å². The van der Waals surface area contributed by atoms with Gasteiger partial charge in [0.1, 0.15) is 5.75 Å². The lowest BCUT2D eigenvalue weighted by molar-refractivity contribution is -0.128. The summed E-state index contributed by atoms with van der Waals surface area (Å²) in [5, 5.41) is 3.21. The second kappa shape index (κ2) is 10.2. The van der Waals surface area contributed by atoms with Gasteiger partial charge in [-0.3, -0.25) is 4.79 Å². The predicted octanol–water partition coefficient (Wildman–Crippen LogP) is 3.29. The van der Waals surface area contributed by atoms with Crippen LogP contribution in [0.3, 0.4) is 0 Å². The third-order valence-corrected chi connectivity index (χ3v) is 5.45. The Morgan fingerprint density at radius 1 is 1.15 bits per heavy atom. The summed E-state index contributed by atoms with van der Waals surface area (Å²) in [4.78, 5) is 14.9. The molecule has 2 fully saturated rings. The maximum atomic E-state index is 12.6. The van der Waals surface area contributed by atoms with E-state index in [-0.39, 0.29) is 36.8 Å². The molecule has 2 aliphatic rings. The summed E-state index contributed by atoms with van der Waals surface area (Å²) in [6, 6.07) is 8.33. The van der Waals surface area contributed by atoms with Crippen LogP contribution < -0.4 is 20.7 Å². The summed E-state index contributed by atoms with van der Waals surface area (Å²) in [5.74, 6) is 0.959. The van der Waals surface area contributed by atoms with Crippen LogP contribution in [0.1, 0.15) is 44.9 Å². The zero-order valence-corrected chi connectivity index (χ0v) is 17.0. The van der Waals surface area contributed by atoms with Crippen molar-refractivity contribution >= 4 is 36.4 Å². The zero-order valence-electron chi connectivity index (χ0n) is 15.4. The first-order valence-electron chi connectivity index (χ1n) is 9.10. The second-order valence-electron chi connectivity index (χ2n) is 7.12. The van der Waals surface area contributed by atoms with Gasteiger partial charge < -0.3 is 20.7 Å². The maximum absolute atomic E-state index is 12.6. The van der Waals surface area contributed by atoms with Gasteiger partial charge in [0.05, 0.1) is 18.3 Å². The number of hydrogen-bond acceptors (Lipinski definition) is 4. The van der Waals surface area contributed by atoms with E-state index in [1.165, 1.54) is 6.42 Å². The number of carbonyl (C=O) groups is 1. The molecule has 0 spiro atoms. The molecular formula is C19H31Cl2N3O2. The molecule has 1 aliphatic carbocycles. The van der Waals surface area contributed by atoms with E-state index in [0.717, 1.165) is 63.1 Å². The average molecular weight is 404 g/mol. The fraction of sp³-hybridized carbons (Fsp3) is 0.632. The van der Waals surface area contributed by atoms with Crippen molar-refractivity contribution in [2.45, 2.75) is 56.5 Å². The molecule has 0 radical (unpaired) electrons. The normalized spacial score (nSPS) is 19.7. The van der Waals surface area contributed by atoms with E-state index in [1.807, 2.05) is 18.2 Å². The third-order valence-electron chi connectivity index (χ3n) is 5.45. The van der Waals surface area contributed by atoms with Gasteiger partial charge in [-0.1, -0.05) is 31.4 Å². The minimum atomic E-state index is -0.641. The Bertz CT molecular complexity index is 572. The topological polar surface area (TPSA) is 67.6 Å². The number of para-hydroxylation sites is 2. The van der Waals surface area contributed by atoms with E-state index < -0.39 is 5.54 Å². The third kappa shape index (κ3) is 5.18. The summed E-state index contributed by atoms with van der Waals surface area (Å²) in [7, 11) is 1.71. The lowest BCUT2D eigenvalue weighted by atomic mass is 9.81. The molecule has 0 atom stereocenters. The summed E-state index contributed by atoms with van der Waals surface area (Å²) in [5.41, 5.74) is 6.83. The number of nitrogens with zero attached hydrogens (tertiary/aromatic N) is 1. The Kier molecular flexibility index (Phi) is 9.01. The molecule has 1 saturated carbocycles. The van der Waals surface area contributed by atoms with Crippen molar-refractivity contribution in [3.8, 4) is 5.75 Å². The minimum absolute atomic E-state index is 0.